The molecule has 0 aliphatic carbocycles. The van der Waals surface area contributed by atoms with E-state index in [9.17, 15) is 4.79 Å². The summed E-state index contributed by atoms with van der Waals surface area (Å²) in [4.78, 5) is 10.7. The van der Waals surface area contributed by atoms with Gasteiger partial charge in [0, 0.05) is 6.20 Å². The van der Waals surface area contributed by atoms with Gasteiger partial charge in [0.1, 0.15) is 10.4 Å². The fraction of sp³-hybridized carbons (Fsp3) is 0.250. The van der Waals surface area contributed by atoms with Crippen molar-refractivity contribution >= 4 is 18.0 Å². The number of rotatable bonds is 2. The van der Waals surface area contributed by atoms with Crippen LogP contribution in [0.3, 0.4) is 0 Å². The van der Waals surface area contributed by atoms with Crippen molar-refractivity contribution < 1.29 is 4.79 Å². The number of carbonyl (C=O) groups excluding carboxylic acids is 1. The van der Waals surface area contributed by atoms with E-state index in [4.69, 9.17) is 12.2 Å². The molecular formula is C8H9NOS. The third-order valence-electron chi connectivity index (χ3n) is 1.29. The summed E-state index contributed by atoms with van der Waals surface area (Å²) in [5.74, 6) is 0.118. The van der Waals surface area contributed by atoms with Gasteiger partial charge in [-0.1, -0.05) is 18.3 Å². The molecule has 1 heterocycles. The van der Waals surface area contributed by atoms with Crippen molar-refractivity contribution in [3.8, 4) is 0 Å². The van der Waals surface area contributed by atoms with E-state index in [0.717, 1.165) is 0 Å². The first-order valence-corrected chi connectivity index (χ1v) is 3.76. The van der Waals surface area contributed by atoms with Crippen LogP contribution in [0.15, 0.2) is 24.4 Å². The Kier molecular flexibility index (Phi) is 2.54. The monoisotopic (exact) mass is 167 g/mol. The second kappa shape index (κ2) is 3.44. The Labute approximate surface area is 70.5 Å². The van der Waals surface area contributed by atoms with Crippen LogP contribution in [0, 0.1) is 4.64 Å². The Morgan fingerprint density at radius 1 is 1.64 bits per heavy atom. The fourth-order valence-electron chi connectivity index (χ4n) is 0.831. The van der Waals surface area contributed by atoms with Crippen molar-refractivity contribution in [3.63, 3.8) is 0 Å². The highest BCUT2D eigenvalue weighted by Gasteiger charge is 1.93. The van der Waals surface area contributed by atoms with Gasteiger partial charge in [-0.05, 0) is 19.1 Å². The zero-order valence-corrected chi connectivity index (χ0v) is 7.10. The van der Waals surface area contributed by atoms with E-state index < -0.39 is 0 Å². The number of hydrogen-bond acceptors (Lipinski definition) is 2. The Bertz CT molecular complexity index is 316. The average Bonchev–Trinajstić information content (AvgIpc) is 1.93. The van der Waals surface area contributed by atoms with Gasteiger partial charge in [-0.3, -0.25) is 4.79 Å². The number of hydrogen-bond donors (Lipinski definition) is 0. The van der Waals surface area contributed by atoms with Crippen LogP contribution in [0.5, 0.6) is 0 Å². The number of carbonyl (C=O) groups is 1. The Hall–Kier alpha value is -0.960. The molecule has 0 radical (unpaired) electrons. The number of Topliss-reactive ketones (excluding diaryl/α,β-unsaturated/α-hetero) is 1. The van der Waals surface area contributed by atoms with Crippen molar-refractivity contribution in [2.75, 3.05) is 0 Å². The van der Waals surface area contributed by atoms with Crippen LogP contribution >= 0.6 is 12.2 Å². The van der Waals surface area contributed by atoms with Gasteiger partial charge in [0.2, 0.25) is 0 Å². The summed E-state index contributed by atoms with van der Waals surface area (Å²) in [7, 11) is 0. The zero-order valence-electron chi connectivity index (χ0n) is 6.28. The molecule has 1 aromatic heterocycles. The van der Waals surface area contributed by atoms with Gasteiger partial charge in [-0.15, -0.1) is 0 Å². The third kappa shape index (κ3) is 2.27. The van der Waals surface area contributed by atoms with Crippen LogP contribution < -0.4 is 0 Å². The summed E-state index contributed by atoms with van der Waals surface area (Å²) in [5.41, 5.74) is 0. The highest BCUT2D eigenvalue weighted by atomic mass is 32.1. The van der Waals surface area contributed by atoms with E-state index >= 15 is 0 Å². The lowest BCUT2D eigenvalue weighted by Gasteiger charge is -2.01. The van der Waals surface area contributed by atoms with Crippen molar-refractivity contribution in [2.24, 2.45) is 0 Å². The van der Waals surface area contributed by atoms with E-state index in [1.54, 1.807) is 17.6 Å². The van der Waals surface area contributed by atoms with Gasteiger partial charge in [0.25, 0.3) is 0 Å². The second-order valence-corrected chi connectivity index (χ2v) is 2.79. The molecule has 0 unspecified atom stereocenters. The molecule has 0 N–H and O–H groups in total. The van der Waals surface area contributed by atoms with E-state index in [0.29, 0.717) is 11.2 Å². The lowest BCUT2D eigenvalue weighted by molar-refractivity contribution is -0.117. The molecule has 0 atom stereocenters. The SMILES string of the molecule is CC(=O)Cn1ccccc1=S. The quantitative estimate of drug-likeness (QED) is 0.627. The maximum absolute atomic E-state index is 10.7. The van der Waals surface area contributed by atoms with E-state index in [2.05, 4.69) is 0 Å². The molecule has 3 heteroatoms. The van der Waals surface area contributed by atoms with Crippen LogP contribution in [0.4, 0.5) is 0 Å². The molecule has 2 nitrogen and oxygen atoms in total. The molecule has 0 aliphatic heterocycles. The Morgan fingerprint density at radius 2 is 2.36 bits per heavy atom. The van der Waals surface area contributed by atoms with Crippen LogP contribution in [-0.2, 0) is 11.3 Å². The molecule has 0 amide bonds. The van der Waals surface area contributed by atoms with Gasteiger partial charge in [0.05, 0.1) is 6.54 Å². The summed E-state index contributed by atoms with van der Waals surface area (Å²) in [6.45, 7) is 1.93. The van der Waals surface area contributed by atoms with Crippen molar-refractivity contribution in [1.29, 1.82) is 0 Å². The van der Waals surface area contributed by atoms with Crippen LogP contribution in [-0.4, -0.2) is 10.4 Å². The lowest BCUT2D eigenvalue weighted by atomic mass is 10.4. The minimum atomic E-state index is 0.118. The lowest BCUT2D eigenvalue weighted by Crippen LogP contribution is -2.06. The molecule has 0 saturated carbocycles. The zero-order chi connectivity index (χ0) is 8.27. The number of ketones is 1. The molecule has 0 bridgehead atoms. The highest BCUT2D eigenvalue weighted by molar-refractivity contribution is 7.71. The fourth-order valence-corrected chi connectivity index (χ4v) is 1.04. The molecule has 0 aromatic carbocycles. The first-order chi connectivity index (χ1) is 5.20. The molecule has 0 aliphatic rings. The number of nitrogens with zero attached hydrogens (tertiary/aromatic N) is 1. The van der Waals surface area contributed by atoms with Gasteiger partial charge in [0.15, 0.2) is 0 Å². The van der Waals surface area contributed by atoms with Gasteiger partial charge < -0.3 is 4.57 Å². The van der Waals surface area contributed by atoms with E-state index in [-0.39, 0.29) is 5.78 Å². The first-order valence-electron chi connectivity index (χ1n) is 3.35. The minimum absolute atomic E-state index is 0.118. The Morgan fingerprint density at radius 3 is 2.91 bits per heavy atom. The second-order valence-electron chi connectivity index (χ2n) is 2.37. The van der Waals surface area contributed by atoms with Crippen molar-refractivity contribution in [1.82, 2.24) is 4.57 Å². The van der Waals surface area contributed by atoms with Crippen molar-refractivity contribution in [2.45, 2.75) is 13.5 Å². The molecule has 1 aromatic rings. The maximum Gasteiger partial charge on any atom is 0.149 e. The van der Waals surface area contributed by atoms with Crippen molar-refractivity contribution in [3.05, 3.63) is 29.0 Å². The Balaban J connectivity index is 2.95. The normalized spacial score (nSPS) is 9.55. The van der Waals surface area contributed by atoms with Gasteiger partial charge in [-0.2, -0.15) is 0 Å². The molecule has 11 heavy (non-hydrogen) atoms. The molecular weight excluding hydrogens is 158 g/mol. The summed E-state index contributed by atoms with van der Waals surface area (Å²) >= 11 is 4.98. The standard InChI is InChI=1S/C8H9NOS/c1-7(10)6-9-5-3-2-4-8(9)11/h2-5H,6H2,1H3. The van der Waals surface area contributed by atoms with Gasteiger partial charge in [-0.25, -0.2) is 0 Å². The highest BCUT2D eigenvalue weighted by Crippen LogP contribution is 1.93. The summed E-state index contributed by atoms with van der Waals surface area (Å²) < 4.78 is 2.44. The predicted octanol–water partition coefficient (Wildman–Crippen LogP) is 1.81. The van der Waals surface area contributed by atoms with E-state index in [1.165, 1.54) is 0 Å². The molecule has 0 saturated heterocycles. The number of aromatic nitrogens is 1. The predicted molar refractivity (Wildman–Crippen MR) is 45.9 cm³/mol. The summed E-state index contributed by atoms with van der Waals surface area (Å²) in [6, 6.07) is 5.52. The minimum Gasteiger partial charge on any atom is -0.332 e. The first kappa shape index (κ1) is 8.14. The smallest absolute Gasteiger partial charge is 0.149 e. The van der Waals surface area contributed by atoms with Crippen LogP contribution in [0.25, 0.3) is 0 Å². The molecule has 58 valence electrons. The maximum atomic E-state index is 10.7. The van der Waals surface area contributed by atoms with Gasteiger partial charge >= 0.3 is 0 Å². The average molecular weight is 167 g/mol. The third-order valence-corrected chi connectivity index (χ3v) is 1.66. The molecule has 0 fully saturated rings. The number of pyridine rings is 1. The molecule has 0 spiro atoms. The summed E-state index contributed by atoms with van der Waals surface area (Å²) in [5, 5.41) is 0. The summed E-state index contributed by atoms with van der Waals surface area (Å²) in [6.07, 6.45) is 1.81. The van der Waals surface area contributed by atoms with E-state index in [1.807, 2.05) is 18.3 Å². The van der Waals surface area contributed by atoms with Crippen LogP contribution in [0.2, 0.25) is 0 Å². The largest absolute Gasteiger partial charge is 0.332 e. The molecule has 1 rings (SSSR count). The van der Waals surface area contributed by atoms with Crippen LogP contribution in [0.1, 0.15) is 6.92 Å². The topological polar surface area (TPSA) is 22.0 Å².